The molecule has 0 aliphatic carbocycles. The van der Waals surface area contributed by atoms with Crippen molar-refractivity contribution in [2.75, 3.05) is 0 Å². The highest BCUT2D eigenvalue weighted by Gasteiger charge is 2.20. The van der Waals surface area contributed by atoms with E-state index in [9.17, 15) is 4.79 Å². The molecule has 1 N–H and O–H groups in total. The van der Waals surface area contributed by atoms with Crippen molar-refractivity contribution in [1.29, 1.82) is 0 Å². The van der Waals surface area contributed by atoms with Gasteiger partial charge in [-0.2, -0.15) is 0 Å². The number of nitrogens with one attached hydrogen (secondary N) is 1. The molecule has 0 unspecified atom stereocenters. The predicted octanol–water partition coefficient (Wildman–Crippen LogP) is 4.90. The lowest BCUT2D eigenvalue weighted by molar-refractivity contribution is -0.128. The van der Waals surface area contributed by atoms with Crippen LogP contribution in [0.4, 0.5) is 0 Å². The van der Waals surface area contributed by atoms with Gasteiger partial charge in [-0.25, -0.2) is 0 Å². The minimum absolute atomic E-state index is 0.0455. The minimum Gasteiger partial charge on any atom is -0.481 e. The van der Waals surface area contributed by atoms with Gasteiger partial charge in [0, 0.05) is 0 Å². The Morgan fingerprint density at radius 1 is 1.04 bits per heavy atom. The fourth-order valence-corrected chi connectivity index (χ4v) is 2.71. The fraction of sp³-hybridized carbons (Fsp3) is 0.409. The Bertz CT molecular complexity index is 706. The molecule has 134 valence electrons. The van der Waals surface area contributed by atoms with E-state index < -0.39 is 6.10 Å². The third-order valence-corrected chi connectivity index (χ3v) is 4.67. The van der Waals surface area contributed by atoms with Crippen LogP contribution in [0.1, 0.15) is 55.5 Å². The maximum atomic E-state index is 12.6. The van der Waals surface area contributed by atoms with E-state index in [4.69, 9.17) is 4.74 Å². The van der Waals surface area contributed by atoms with Gasteiger partial charge in [0.2, 0.25) is 0 Å². The first-order chi connectivity index (χ1) is 11.9. The largest absolute Gasteiger partial charge is 0.481 e. The summed E-state index contributed by atoms with van der Waals surface area (Å²) in [6, 6.07) is 14.3. The highest BCUT2D eigenvalue weighted by atomic mass is 16.5. The molecule has 0 aliphatic heterocycles. The summed E-state index contributed by atoms with van der Waals surface area (Å²) < 4.78 is 5.92. The molecule has 3 heteroatoms. The first kappa shape index (κ1) is 19.0. The summed E-state index contributed by atoms with van der Waals surface area (Å²) in [4.78, 5) is 12.6. The monoisotopic (exact) mass is 339 g/mol. The molecule has 0 saturated heterocycles. The van der Waals surface area contributed by atoms with E-state index in [-0.39, 0.29) is 11.9 Å². The van der Waals surface area contributed by atoms with Gasteiger partial charge in [-0.05, 0) is 68.0 Å². The molecule has 0 bridgehead atoms. The number of carbonyl (C=O) groups is 1. The van der Waals surface area contributed by atoms with Gasteiger partial charge in [-0.15, -0.1) is 0 Å². The van der Waals surface area contributed by atoms with Crippen molar-refractivity contribution >= 4 is 5.91 Å². The quantitative estimate of drug-likeness (QED) is 0.779. The topological polar surface area (TPSA) is 38.3 Å². The highest BCUT2D eigenvalue weighted by molar-refractivity contribution is 5.81. The Labute approximate surface area is 151 Å². The zero-order chi connectivity index (χ0) is 18.4. The van der Waals surface area contributed by atoms with E-state index in [2.05, 4.69) is 43.4 Å². The number of rotatable bonds is 7. The number of benzene rings is 2. The van der Waals surface area contributed by atoms with Crippen LogP contribution in [0.15, 0.2) is 42.5 Å². The van der Waals surface area contributed by atoms with Gasteiger partial charge in [0.25, 0.3) is 5.91 Å². The molecule has 0 saturated carbocycles. The molecule has 0 aliphatic rings. The molecular formula is C22H29NO2. The Balaban J connectivity index is 2.01. The number of hydrogen-bond donors (Lipinski definition) is 1. The number of carbonyl (C=O) groups excluding carboxylic acids is 1. The maximum Gasteiger partial charge on any atom is 0.261 e. The van der Waals surface area contributed by atoms with Gasteiger partial charge in [0.05, 0.1) is 6.04 Å². The highest BCUT2D eigenvalue weighted by Crippen LogP contribution is 2.19. The van der Waals surface area contributed by atoms with Gasteiger partial charge in [0.1, 0.15) is 5.75 Å². The standard InChI is InChI=1S/C22H29NO2/c1-6-18-9-11-19(12-10-18)17(5)23-22(24)21(7-2)25-20-13-8-15(3)16(4)14-20/h8-14,17,21H,6-7H2,1-5H3,(H,23,24)/t17-,21+/m0/s1. The van der Waals surface area contributed by atoms with Crippen LogP contribution in [-0.2, 0) is 11.2 Å². The molecule has 2 atom stereocenters. The minimum atomic E-state index is -0.487. The number of ether oxygens (including phenoxy) is 1. The summed E-state index contributed by atoms with van der Waals surface area (Å²) in [5, 5.41) is 3.07. The van der Waals surface area contributed by atoms with Crippen molar-refractivity contribution in [2.45, 2.75) is 59.6 Å². The molecule has 2 rings (SSSR count). The van der Waals surface area contributed by atoms with Crippen molar-refractivity contribution in [2.24, 2.45) is 0 Å². The SMILES string of the molecule is CCc1ccc([C@H](C)NC(=O)[C@@H](CC)Oc2ccc(C)c(C)c2)cc1. The van der Waals surface area contributed by atoms with E-state index in [0.29, 0.717) is 6.42 Å². The van der Waals surface area contributed by atoms with Gasteiger partial charge >= 0.3 is 0 Å². The summed E-state index contributed by atoms with van der Waals surface area (Å²) in [5.41, 5.74) is 4.78. The molecule has 0 radical (unpaired) electrons. The van der Waals surface area contributed by atoms with Crippen LogP contribution in [-0.4, -0.2) is 12.0 Å². The summed E-state index contributed by atoms with van der Waals surface area (Å²) >= 11 is 0. The summed E-state index contributed by atoms with van der Waals surface area (Å²) in [7, 11) is 0. The Morgan fingerprint density at radius 2 is 1.72 bits per heavy atom. The van der Waals surface area contributed by atoms with Crippen molar-refractivity contribution in [3.63, 3.8) is 0 Å². The van der Waals surface area contributed by atoms with Crippen molar-refractivity contribution in [1.82, 2.24) is 5.32 Å². The van der Waals surface area contributed by atoms with E-state index >= 15 is 0 Å². The maximum absolute atomic E-state index is 12.6. The molecular weight excluding hydrogens is 310 g/mol. The zero-order valence-electron chi connectivity index (χ0n) is 15.9. The van der Waals surface area contributed by atoms with E-state index in [1.807, 2.05) is 39.0 Å². The van der Waals surface area contributed by atoms with Crippen LogP contribution in [0.25, 0.3) is 0 Å². The molecule has 25 heavy (non-hydrogen) atoms. The normalized spacial score (nSPS) is 13.2. The molecule has 0 heterocycles. The number of hydrogen-bond acceptors (Lipinski definition) is 2. The summed E-state index contributed by atoms with van der Waals surface area (Å²) in [6.45, 7) is 10.2. The average molecular weight is 339 g/mol. The van der Waals surface area contributed by atoms with Crippen LogP contribution in [0.5, 0.6) is 5.75 Å². The first-order valence-electron chi connectivity index (χ1n) is 9.07. The molecule has 0 aromatic heterocycles. The smallest absolute Gasteiger partial charge is 0.261 e. The third kappa shape index (κ3) is 5.09. The number of aryl methyl sites for hydroxylation is 3. The molecule has 2 aromatic carbocycles. The summed E-state index contributed by atoms with van der Waals surface area (Å²) in [5.74, 6) is 0.665. The average Bonchev–Trinajstić information content (AvgIpc) is 2.62. The van der Waals surface area contributed by atoms with E-state index in [1.54, 1.807) is 0 Å². The molecule has 0 fully saturated rings. The van der Waals surface area contributed by atoms with Crippen LogP contribution in [0.2, 0.25) is 0 Å². The predicted molar refractivity (Wildman–Crippen MR) is 103 cm³/mol. The zero-order valence-corrected chi connectivity index (χ0v) is 15.9. The van der Waals surface area contributed by atoms with Gasteiger partial charge in [0.15, 0.2) is 6.10 Å². The van der Waals surface area contributed by atoms with Crippen LogP contribution < -0.4 is 10.1 Å². The lowest BCUT2D eigenvalue weighted by Crippen LogP contribution is -2.39. The molecule has 2 aromatic rings. The molecule has 0 spiro atoms. The van der Waals surface area contributed by atoms with Gasteiger partial charge in [-0.1, -0.05) is 44.2 Å². The Kier molecular flexibility index (Phi) is 6.63. The molecule has 1 amide bonds. The van der Waals surface area contributed by atoms with Crippen LogP contribution in [0.3, 0.4) is 0 Å². The lowest BCUT2D eigenvalue weighted by Gasteiger charge is -2.21. The van der Waals surface area contributed by atoms with Gasteiger partial charge < -0.3 is 10.1 Å². The lowest BCUT2D eigenvalue weighted by atomic mass is 10.0. The van der Waals surface area contributed by atoms with E-state index in [1.165, 1.54) is 11.1 Å². The second-order valence-electron chi connectivity index (χ2n) is 6.59. The Hall–Kier alpha value is -2.29. The Morgan fingerprint density at radius 3 is 2.28 bits per heavy atom. The van der Waals surface area contributed by atoms with Crippen LogP contribution >= 0.6 is 0 Å². The second kappa shape index (κ2) is 8.70. The third-order valence-electron chi connectivity index (χ3n) is 4.67. The van der Waals surface area contributed by atoms with E-state index in [0.717, 1.165) is 23.3 Å². The van der Waals surface area contributed by atoms with Gasteiger partial charge in [-0.3, -0.25) is 4.79 Å². The van der Waals surface area contributed by atoms with Crippen molar-refractivity contribution in [3.05, 3.63) is 64.7 Å². The van der Waals surface area contributed by atoms with Crippen molar-refractivity contribution in [3.8, 4) is 5.75 Å². The van der Waals surface area contributed by atoms with Crippen molar-refractivity contribution < 1.29 is 9.53 Å². The second-order valence-corrected chi connectivity index (χ2v) is 6.59. The fourth-order valence-electron chi connectivity index (χ4n) is 2.71. The first-order valence-corrected chi connectivity index (χ1v) is 9.07. The summed E-state index contributed by atoms with van der Waals surface area (Å²) in [6.07, 6.45) is 1.16. The van der Waals surface area contributed by atoms with Crippen LogP contribution in [0, 0.1) is 13.8 Å². The number of amides is 1. The molecule has 3 nitrogen and oxygen atoms in total.